The molecule has 1 aromatic rings. The van der Waals surface area contributed by atoms with Gasteiger partial charge in [-0.2, -0.15) is 0 Å². The fourth-order valence-electron chi connectivity index (χ4n) is 1.75. The van der Waals surface area contributed by atoms with Crippen molar-refractivity contribution in [2.24, 2.45) is 0 Å². The zero-order valence-corrected chi connectivity index (χ0v) is 12.0. The maximum atomic E-state index is 5.95. The number of likely N-dealkylation sites (N-methyl/N-ethyl adjacent to an activating group) is 1. The number of halogens is 1. The van der Waals surface area contributed by atoms with E-state index in [1.165, 1.54) is 11.1 Å². The third-order valence-electron chi connectivity index (χ3n) is 2.79. The first-order chi connectivity index (χ1) is 7.99. The van der Waals surface area contributed by atoms with Crippen LogP contribution in [0.1, 0.15) is 25.0 Å². The smallest absolute Gasteiger partial charge is 0.0408 e. The predicted octanol–water partition coefficient (Wildman–Crippen LogP) is 3.08. The van der Waals surface area contributed by atoms with E-state index in [9.17, 15) is 0 Å². The highest BCUT2D eigenvalue weighted by molar-refractivity contribution is 6.30. The Balaban J connectivity index is 2.42. The summed E-state index contributed by atoms with van der Waals surface area (Å²) in [6.07, 6.45) is 0. The van der Waals surface area contributed by atoms with Gasteiger partial charge in [-0.3, -0.25) is 0 Å². The van der Waals surface area contributed by atoms with Crippen LogP contribution in [0.25, 0.3) is 0 Å². The van der Waals surface area contributed by atoms with Crippen LogP contribution in [0.4, 0.5) is 0 Å². The Morgan fingerprint density at radius 1 is 1.35 bits per heavy atom. The van der Waals surface area contributed by atoms with Crippen LogP contribution in [0, 0.1) is 6.92 Å². The zero-order valence-electron chi connectivity index (χ0n) is 11.3. The monoisotopic (exact) mass is 254 g/mol. The minimum atomic E-state index is 0.556. The van der Waals surface area contributed by atoms with Crippen molar-refractivity contribution >= 4 is 11.6 Å². The summed E-state index contributed by atoms with van der Waals surface area (Å²) < 4.78 is 0. The molecule has 0 bridgehead atoms. The van der Waals surface area contributed by atoms with Gasteiger partial charge in [-0.15, -0.1) is 0 Å². The maximum absolute atomic E-state index is 5.95. The molecular weight excluding hydrogens is 232 g/mol. The van der Waals surface area contributed by atoms with E-state index in [1.807, 2.05) is 12.1 Å². The lowest BCUT2D eigenvalue weighted by atomic mass is 10.1. The van der Waals surface area contributed by atoms with Gasteiger partial charge < -0.3 is 10.2 Å². The molecule has 0 aliphatic carbocycles. The normalized spacial score (nSPS) is 11.5. The quantitative estimate of drug-likeness (QED) is 0.839. The minimum absolute atomic E-state index is 0.556. The van der Waals surface area contributed by atoms with Crippen molar-refractivity contribution in [3.63, 3.8) is 0 Å². The second kappa shape index (κ2) is 7.00. The third kappa shape index (κ3) is 5.53. The summed E-state index contributed by atoms with van der Waals surface area (Å²) in [7, 11) is 2.15. The van der Waals surface area contributed by atoms with Crippen molar-refractivity contribution in [3.8, 4) is 0 Å². The van der Waals surface area contributed by atoms with Gasteiger partial charge in [-0.1, -0.05) is 31.5 Å². The summed E-state index contributed by atoms with van der Waals surface area (Å²) in [5.74, 6) is 0. The SMILES string of the molecule is Cc1cc(Cl)ccc1CN(C)CCNC(C)C. The number of nitrogens with zero attached hydrogens (tertiary/aromatic N) is 1. The lowest BCUT2D eigenvalue weighted by Crippen LogP contribution is -2.32. The Labute approximate surface area is 110 Å². The van der Waals surface area contributed by atoms with Crippen LogP contribution >= 0.6 is 11.6 Å². The van der Waals surface area contributed by atoms with Crippen molar-refractivity contribution in [1.82, 2.24) is 10.2 Å². The molecule has 0 amide bonds. The number of aryl methyl sites for hydroxylation is 1. The Bertz CT molecular complexity index is 350. The Hall–Kier alpha value is -0.570. The highest BCUT2D eigenvalue weighted by Crippen LogP contribution is 2.16. The highest BCUT2D eigenvalue weighted by Gasteiger charge is 2.04. The van der Waals surface area contributed by atoms with Gasteiger partial charge in [0.2, 0.25) is 0 Å². The van der Waals surface area contributed by atoms with Crippen molar-refractivity contribution in [1.29, 1.82) is 0 Å². The molecule has 0 aliphatic rings. The molecule has 0 heterocycles. The van der Waals surface area contributed by atoms with Crippen molar-refractivity contribution in [2.75, 3.05) is 20.1 Å². The Kier molecular flexibility index (Phi) is 5.96. The second-order valence-corrected chi connectivity index (χ2v) is 5.35. The molecule has 17 heavy (non-hydrogen) atoms. The predicted molar refractivity (Wildman–Crippen MR) is 75.7 cm³/mol. The molecule has 1 rings (SSSR count). The van der Waals surface area contributed by atoms with Gasteiger partial charge in [0.15, 0.2) is 0 Å². The Morgan fingerprint density at radius 3 is 2.65 bits per heavy atom. The number of rotatable bonds is 6. The summed E-state index contributed by atoms with van der Waals surface area (Å²) in [6.45, 7) is 9.51. The maximum Gasteiger partial charge on any atom is 0.0408 e. The standard InChI is InChI=1S/C14H23ClN2/c1-11(2)16-7-8-17(4)10-13-5-6-14(15)9-12(13)3/h5-6,9,11,16H,7-8,10H2,1-4H3. The largest absolute Gasteiger partial charge is 0.313 e. The van der Waals surface area contributed by atoms with E-state index in [2.05, 4.69) is 44.1 Å². The molecule has 0 aromatic heterocycles. The minimum Gasteiger partial charge on any atom is -0.313 e. The fraction of sp³-hybridized carbons (Fsp3) is 0.571. The van der Waals surface area contributed by atoms with Crippen molar-refractivity contribution < 1.29 is 0 Å². The van der Waals surface area contributed by atoms with E-state index < -0.39 is 0 Å². The summed E-state index contributed by atoms with van der Waals surface area (Å²) in [5.41, 5.74) is 2.61. The summed E-state index contributed by atoms with van der Waals surface area (Å²) in [6, 6.07) is 6.66. The van der Waals surface area contributed by atoms with E-state index in [1.54, 1.807) is 0 Å². The molecule has 0 spiro atoms. The van der Waals surface area contributed by atoms with Gasteiger partial charge in [0.05, 0.1) is 0 Å². The molecule has 3 heteroatoms. The fourth-order valence-corrected chi connectivity index (χ4v) is 1.98. The number of hydrogen-bond acceptors (Lipinski definition) is 2. The molecule has 2 nitrogen and oxygen atoms in total. The first-order valence-corrected chi connectivity index (χ1v) is 6.54. The highest BCUT2D eigenvalue weighted by atomic mass is 35.5. The summed E-state index contributed by atoms with van der Waals surface area (Å²) in [5, 5.41) is 4.24. The van der Waals surface area contributed by atoms with Crippen LogP contribution in [-0.4, -0.2) is 31.1 Å². The molecule has 1 aromatic carbocycles. The molecule has 0 fully saturated rings. The number of benzene rings is 1. The van der Waals surface area contributed by atoms with Crippen LogP contribution in [-0.2, 0) is 6.54 Å². The first kappa shape index (κ1) is 14.5. The van der Waals surface area contributed by atoms with E-state index in [-0.39, 0.29) is 0 Å². The Morgan fingerprint density at radius 2 is 2.06 bits per heavy atom. The average Bonchev–Trinajstić information content (AvgIpc) is 2.21. The van der Waals surface area contributed by atoms with Gasteiger partial charge in [-0.05, 0) is 37.2 Å². The number of hydrogen-bond donors (Lipinski definition) is 1. The van der Waals surface area contributed by atoms with E-state index in [4.69, 9.17) is 11.6 Å². The van der Waals surface area contributed by atoms with Gasteiger partial charge >= 0.3 is 0 Å². The average molecular weight is 255 g/mol. The van der Waals surface area contributed by atoms with Gasteiger partial charge in [0.25, 0.3) is 0 Å². The first-order valence-electron chi connectivity index (χ1n) is 6.16. The summed E-state index contributed by atoms with van der Waals surface area (Å²) in [4.78, 5) is 2.33. The molecule has 96 valence electrons. The lowest BCUT2D eigenvalue weighted by Gasteiger charge is -2.19. The van der Waals surface area contributed by atoms with Gasteiger partial charge in [-0.25, -0.2) is 0 Å². The molecule has 0 radical (unpaired) electrons. The van der Waals surface area contributed by atoms with Crippen molar-refractivity contribution in [2.45, 2.75) is 33.4 Å². The molecule has 0 aliphatic heterocycles. The van der Waals surface area contributed by atoms with Gasteiger partial charge in [0.1, 0.15) is 0 Å². The van der Waals surface area contributed by atoms with Crippen LogP contribution in [0.2, 0.25) is 5.02 Å². The molecule has 0 atom stereocenters. The van der Waals surface area contributed by atoms with Crippen LogP contribution in [0.3, 0.4) is 0 Å². The molecule has 0 saturated carbocycles. The zero-order chi connectivity index (χ0) is 12.8. The molecular formula is C14H23ClN2. The number of nitrogens with one attached hydrogen (secondary N) is 1. The van der Waals surface area contributed by atoms with E-state index in [0.717, 1.165) is 24.7 Å². The van der Waals surface area contributed by atoms with E-state index in [0.29, 0.717) is 6.04 Å². The topological polar surface area (TPSA) is 15.3 Å². The van der Waals surface area contributed by atoms with Gasteiger partial charge in [0, 0.05) is 30.7 Å². The van der Waals surface area contributed by atoms with Crippen LogP contribution < -0.4 is 5.32 Å². The van der Waals surface area contributed by atoms with Crippen LogP contribution in [0.5, 0.6) is 0 Å². The molecule has 0 saturated heterocycles. The van der Waals surface area contributed by atoms with E-state index >= 15 is 0 Å². The van der Waals surface area contributed by atoms with Crippen molar-refractivity contribution in [3.05, 3.63) is 34.3 Å². The summed E-state index contributed by atoms with van der Waals surface area (Å²) >= 11 is 5.95. The lowest BCUT2D eigenvalue weighted by molar-refractivity contribution is 0.319. The molecule has 0 unspecified atom stereocenters. The van der Waals surface area contributed by atoms with Crippen LogP contribution in [0.15, 0.2) is 18.2 Å². The second-order valence-electron chi connectivity index (χ2n) is 4.92. The molecule has 1 N–H and O–H groups in total. The third-order valence-corrected chi connectivity index (χ3v) is 3.03.